The van der Waals surface area contributed by atoms with Crippen molar-refractivity contribution in [3.8, 4) is 0 Å². The molecule has 3 rings (SSSR count). The predicted molar refractivity (Wildman–Crippen MR) is 85.3 cm³/mol. The van der Waals surface area contributed by atoms with Gasteiger partial charge in [0.05, 0.1) is 0 Å². The van der Waals surface area contributed by atoms with Crippen molar-refractivity contribution in [2.24, 2.45) is 5.92 Å². The molecule has 0 spiro atoms. The molecule has 1 aliphatic heterocycles. The Bertz CT molecular complexity index is 525. The first-order valence-corrected chi connectivity index (χ1v) is 8.02. The van der Waals surface area contributed by atoms with Crippen molar-refractivity contribution in [1.29, 1.82) is 0 Å². The summed E-state index contributed by atoms with van der Waals surface area (Å²) in [5, 5.41) is 0. The molecule has 1 aromatic carbocycles. The van der Waals surface area contributed by atoms with Crippen LogP contribution in [0.2, 0.25) is 0 Å². The third kappa shape index (κ3) is 3.38. The maximum absolute atomic E-state index is 12.7. The highest BCUT2D eigenvalue weighted by atomic mass is 16.2. The molecule has 114 valence electrons. The van der Waals surface area contributed by atoms with Crippen molar-refractivity contribution in [2.45, 2.75) is 26.2 Å². The summed E-state index contributed by atoms with van der Waals surface area (Å²) in [5.41, 5.74) is 8.28. The van der Waals surface area contributed by atoms with Gasteiger partial charge in [0.1, 0.15) is 0 Å². The molecule has 4 nitrogen and oxygen atoms in total. The van der Waals surface area contributed by atoms with E-state index in [2.05, 4.69) is 4.90 Å². The van der Waals surface area contributed by atoms with Crippen LogP contribution in [0.1, 0.15) is 35.2 Å². The van der Waals surface area contributed by atoms with Crippen molar-refractivity contribution in [2.75, 3.05) is 38.5 Å². The minimum atomic E-state index is 0.132. The highest BCUT2D eigenvalue weighted by Crippen LogP contribution is 2.30. The second-order valence-corrected chi connectivity index (χ2v) is 6.41. The Balaban J connectivity index is 1.65. The van der Waals surface area contributed by atoms with E-state index in [0.29, 0.717) is 5.69 Å². The van der Waals surface area contributed by atoms with Gasteiger partial charge in [0, 0.05) is 37.4 Å². The van der Waals surface area contributed by atoms with Crippen molar-refractivity contribution >= 4 is 11.6 Å². The summed E-state index contributed by atoms with van der Waals surface area (Å²) in [5.74, 6) is 1.05. The van der Waals surface area contributed by atoms with E-state index >= 15 is 0 Å². The first-order chi connectivity index (χ1) is 10.1. The van der Waals surface area contributed by atoms with E-state index in [0.717, 1.165) is 49.6 Å². The van der Waals surface area contributed by atoms with Crippen LogP contribution in [0.15, 0.2) is 18.2 Å². The molecule has 2 N–H and O–H groups in total. The maximum atomic E-state index is 12.7. The Labute approximate surface area is 126 Å². The maximum Gasteiger partial charge on any atom is 0.254 e. The zero-order valence-electron chi connectivity index (χ0n) is 12.8. The van der Waals surface area contributed by atoms with Gasteiger partial charge >= 0.3 is 0 Å². The van der Waals surface area contributed by atoms with Crippen molar-refractivity contribution < 1.29 is 4.79 Å². The van der Waals surface area contributed by atoms with Crippen LogP contribution in [0, 0.1) is 12.8 Å². The van der Waals surface area contributed by atoms with Crippen molar-refractivity contribution in [3.05, 3.63) is 29.3 Å². The molecule has 0 aromatic heterocycles. The van der Waals surface area contributed by atoms with E-state index in [1.807, 2.05) is 30.0 Å². The van der Waals surface area contributed by atoms with Gasteiger partial charge in [0.15, 0.2) is 0 Å². The van der Waals surface area contributed by atoms with Crippen LogP contribution in [0.25, 0.3) is 0 Å². The summed E-state index contributed by atoms with van der Waals surface area (Å²) < 4.78 is 0. The third-order valence-electron chi connectivity index (χ3n) is 4.70. The molecule has 0 atom stereocenters. The van der Waals surface area contributed by atoms with E-state index < -0.39 is 0 Å². The number of nitrogens with two attached hydrogens (primary N) is 1. The van der Waals surface area contributed by atoms with E-state index in [4.69, 9.17) is 5.73 Å². The minimum absolute atomic E-state index is 0.132. The van der Waals surface area contributed by atoms with Gasteiger partial charge in [-0.25, -0.2) is 0 Å². The Morgan fingerprint density at radius 1 is 1.24 bits per heavy atom. The molecule has 0 bridgehead atoms. The molecule has 0 radical (unpaired) electrons. The molecule has 21 heavy (non-hydrogen) atoms. The minimum Gasteiger partial charge on any atom is -0.398 e. The number of amides is 1. The first kappa shape index (κ1) is 14.4. The van der Waals surface area contributed by atoms with Crippen LogP contribution in [0.5, 0.6) is 0 Å². The number of carbonyl (C=O) groups excluding carboxylic acids is 1. The number of hydrogen-bond donors (Lipinski definition) is 1. The van der Waals surface area contributed by atoms with Gasteiger partial charge in [-0.1, -0.05) is 6.07 Å². The fourth-order valence-electron chi connectivity index (χ4n) is 3.08. The number of benzene rings is 1. The van der Waals surface area contributed by atoms with Gasteiger partial charge in [-0.15, -0.1) is 0 Å². The number of nitrogens with zero attached hydrogens (tertiary/aromatic N) is 2. The molecular formula is C17H25N3O. The van der Waals surface area contributed by atoms with E-state index in [1.54, 1.807) is 0 Å². The second-order valence-electron chi connectivity index (χ2n) is 6.41. The van der Waals surface area contributed by atoms with Gasteiger partial charge in [-0.2, -0.15) is 0 Å². The van der Waals surface area contributed by atoms with Crippen LogP contribution < -0.4 is 5.73 Å². The summed E-state index contributed by atoms with van der Waals surface area (Å²) in [4.78, 5) is 17.2. The quantitative estimate of drug-likeness (QED) is 0.867. The highest BCUT2D eigenvalue weighted by molar-refractivity contribution is 5.96. The van der Waals surface area contributed by atoms with Gasteiger partial charge < -0.3 is 15.5 Å². The molecule has 2 fully saturated rings. The molecule has 4 heteroatoms. The van der Waals surface area contributed by atoms with Crippen LogP contribution in [-0.4, -0.2) is 48.4 Å². The fraction of sp³-hybridized carbons (Fsp3) is 0.588. The molecule has 1 saturated heterocycles. The first-order valence-electron chi connectivity index (χ1n) is 8.02. The Hall–Kier alpha value is -1.55. The predicted octanol–water partition coefficient (Wildman–Crippen LogP) is 2.14. The average molecular weight is 287 g/mol. The molecule has 2 aliphatic rings. The summed E-state index contributed by atoms with van der Waals surface area (Å²) in [6.07, 6.45) is 3.85. The molecule has 1 heterocycles. The standard InChI is InChI=1S/C17H25N3O/c1-13-15(4-2-5-16(13)18)17(21)20-9-3-8-19(10-11-20)12-14-6-7-14/h2,4-5,14H,3,6-12,18H2,1H3. The highest BCUT2D eigenvalue weighted by Gasteiger charge is 2.27. The lowest BCUT2D eigenvalue weighted by Gasteiger charge is -2.23. The number of hydrogen-bond acceptors (Lipinski definition) is 3. The molecular weight excluding hydrogens is 262 g/mol. The Morgan fingerprint density at radius 3 is 2.81 bits per heavy atom. The van der Waals surface area contributed by atoms with Crippen LogP contribution in [0.4, 0.5) is 5.69 Å². The van der Waals surface area contributed by atoms with Crippen LogP contribution in [0.3, 0.4) is 0 Å². The smallest absolute Gasteiger partial charge is 0.254 e. The van der Waals surface area contributed by atoms with Gasteiger partial charge in [0.25, 0.3) is 5.91 Å². The Morgan fingerprint density at radius 2 is 2.05 bits per heavy atom. The number of anilines is 1. The molecule has 1 saturated carbocycles. The van der Waals surface area contributed by atoms with E-state index in [9.17, 15) is 4.79 Å². The fourth-order valence-corrected chi connectivity index (χ4v) is 3.08. The van der Waals surface area contributed by atoms with Gasteiger partial charge in [-0.3, -0.25) is 4.79 Å². The molecule has 1 aliphatic carbocycles. The summed E-state index contributed by atoms with van der Waals surface area (Å²) in [6.45, 7) is 6.97. The lowest BCUT2D eigenvalue weighted by Crippen LogP contribution is -2.36. The molecule has 0 unspecified atom stereocenters. The SMILES string of the molecule is Cc1c(N)cccc1C(=O)N1CCCN(CC2CC2)CC1. The molecule has 1 aromatic rings. The zero-order chi connectivity index (χ0) is 14.8. The van der Waals surface area contributed by atoms with Crippen molar-refractivity contribution in [1.82, 2.24) is 9.80 Å². The molecule has 1 amide bonds. The monoisotopic (exact) mass is 287 g/mol. The van der Waals surface area contributed by atoms with Crippen LogP contribution >= 0.6 is 0 Å². The second kappa shape index (κ2) is 6.06. The summed E-state index contributed by atoms with van der Waals surface area (Å²) >= 11 is 0. The largest absolute Gasteiger partial charge is 0.398 e. The lowest BCUT2D eigenvalue weighted by atomic mass is 10.1. The van der Waals surface area contributed by atoms with Crippen molar-refractivity contribution in [3.63, 3.8) is 0 Å². The number of nitrogen functional groups attached to an aromatic ring is 1. The van der Waals surface area contributed by atoms with Gasteiger partial charge in [-0.05, 0) is 56.3 Å². The van der Waals surface area contributed by atoms with E-state index in [-0.39, 0.29) is 5.91 Å². The average Bonchev–Trinajstić information content (AvgIpc) is 3.29. The third-order valence-corrected chi connectivity index (χ3v) is 4.70. The lowest BCUT2D eigenvalue weighted by molar-refractivity contribution is 0.0760. The summed E-state index contributed by atoms with van der Waals surface area (Å²) in [7, 11) is 0. The van der Waals surface area contributed by atoms with Gasteiger partial charge in [0.2, 0.25) is 0 Å². The topological polar surface area (TPSA) is 49.6 Å². The number of rotatable bonds is 3. The zero-order valence-corrected chi connectivity index (χ0v) is 12.8. The Kier molecular flexibility index (Phi) is 4.15. The van der Waals surface area contributed by atoms with E-state index in [1.165, 1.54) is 19.4 Å². The number of carbonyl (C=O) groups is 1. The normalized spacial score (nSPS) is 20.3. The van der Waals surface area contributed by atoms with Crippen LogP contribution in [-0.2, 0) is 0 Å². The summed E-state index contributed by atoms with van der Waals surface area (Å²) in [6, 6.07) is 5.61.